The molecule has 1 saturated heterocycles. The van der Waals surface area contributed by atoms with Crippen LogP contribution in [0.1, 0.15) is 13.3 Å². The van der Waals surface area contributed by atoms with E-state index in [1.807, 2.05) is 18.7 Å². The second-order valence-corrected chi connectivity index (χ2v) is 4.51. The largest absolute Gasteiger partial charge is 0.376 e. The van der Waals surface area contributed by atoms with E-state index in [9.17, 15) is 4.79 Å². The van der Waals surface area contributed by atoms with Gasteiger partial charge in [-0.25, -0.2) is 4.79 Å². The van der Waals surface area contributed by atoms with Gasteiger partial charge in [0.05, 0.1) is 5.60 Å². The summed E-state index contributed by atoms with van der Waals surface area (Å²) in [5.74, 6) is 2.08. The summed E-state index contributed by atoms with van der Waals surface area (Å²) >= 11 is 1.87. The Bertz CT molecular complexity index is 193. The Morgan fingerprint density at radius 1 is 1.57 bits per heavy atom. The molecule has 1 aliphatic rings. The molecule has 4 nitrogen and oxygen atoms in total. The molecule has 0 radical (unpaired) electrons. The van der Waals surface area contributed by atoms with E-state index >= 15 is 0 Å². The smallest absolute Gasteiger partial charge is 0.314 e. The number of thioether (sulfide) groups is 1. The maximum atomic E-state index is 11.2. The van der Waals surface area contributed by atoms with Gasteiger partial charge in [0.15, 0.2) is 0 Å². The lowest BCUT2D eigenvalue weighted by Crippen LogP contribution is -2.47. The Hall–Kier alpha value is -0.420. The first-order valence-corrected chi connectivity index (χ1v) is 6.02. The zero-order valence-electron chi connectivity index (χ0n) is 8.76. The first-order valence-electron chi connectivity index (χ1n) is 4.87. The molecule has 0 aromatic heterocycles. The number of hydrogen-bond acceptors (Lipinski definition) is 3. The number of urea groups is 1. The second-order valence-electron chi connectivity index (χ2n) is 3.40. The number of ether oxygens (including phenoxy) is 1. The lowest BCUT2D eigenvalue weighted by atomic mass is 10.0. The van der Waals surface area contributed by atoms with Gasteiger partial charge in [-0.3, -0.25) is 0 Å². The van der Waals surface area contributed by atoms with Crippen molar-refractivity contribution in [3.05, 3.63) is 0 Å². The topological polar surface area (TPSA) is 50.4 Å². The third-order valence-electron chi connectivity index (χ3n) is 2.41. The average molecular weight is 218 g/mol. The van der Waals surface area contributed by atoms with E-state index in [1.54, 1.807) is 7.11 Å². The zero-order chi connectivity index (χ0) is 10.4. The van der Waals surface area contributed by atoms with Crippen LogP contribution in [0.4, 0.5) is 4.79 Å². The SMILES string of the molecule is CCNC(=O)NCC1(OC)CCSC1. The van der Waals surface area contributed by atoms with Crippen molar-refractivity contribution in [3.8, 4) is 0 Å². The van der Waals surface area contributed by atoms with Crippen LogP contribution in [0.5, 0.6) is 0 Å². The molecule has 0 spiro atoms. The Balaban J connectivity index is 2.30. The molecule has 1 fully saturated rings. The van der Waals surface area contributed by atoms with Gasteiger partial charge >= 0.3 is 6.03 Å². The molecule has 1 unspecified atom stereocenters. The average Bonchev–Trinajstić information content (AvgIpc) is 2.65. The van der Waals surface area contributed by atoms with Crippen molar-refractivity contribution in [2.75, 3.05) is 31.7 Å². The van der Waals surface area contributed by atoms with Crippen LogP contribution in [0.2, 0.25) is 0 Å². The number of carbonyl (C=O) groups excluding carboxylic acids is 1. The van der Waals surface area contributed by atoms with Gasteiger partial charge in [-0.05, 0) is 19.1 Å². The van der Waals surface area contributed by atoms with Crippen molar-refractivity contribution in [3.63, 3.8) is 0 Å². The lowest BCUT2D eigenvalue weighted by Gasteiger charge is -2.26. The van der Waals surface area contributed by atoms with Crippen molar-refractivity contribution >= 4 is 17.8 Å². The molecule has 1 aliphatic heterocycles. The van der Waals surface area contributed by atoms with Crippen LogP contribution in [0.3, 0.4) is 0 Å². The summed E-state index contributed by atoms with van der Waals surface area (Å²) < 4.78 is 5.46. The van der Waals surface area contributed by atoms with Crippen LogP contribution in [-0.2, 0) is 4.74 Å². The molecular weight excluding hydrogens is 200 g/mol. The minimum atomic E-state index is -0.143. The van der Waals surface area contributed by atoms with Gasteiger partial charge in [0.1, 0.15) is 0 Å². The summed E-state index contributed by atoms with van der Waals surface area (Å²) in [5, 5.41) is 5.53. The summed E-state index contributed by atoms with van der Waals surface area (Å²) in [6.07, 6.45) is 1.01. The molecule has 0 bridgehead atoms. The Morgan fingerprint density at radius 2 is 2.36 bits per heavy atom. The number of carbonyl (C=O) groups is 1. The highest BCUT2D eigenvalue weighted by atomic mass is 32.2. The fraction of sp³-hybridized carbons (Fsp3) is 0.889. The first kappa shape index (κ1) is 11.7. The van der Waals surface area contributed by atoms with E-state index < -0.39 is 0 Å². The van der Waals surface area contributed by atoms with Gasteiger partial charge in [-0.1, -0.05) is 0 Å². The molecular formula is C9H18N2O2S. The molecule has 2 N–H and O–H groups in total. The van der Waals surface area contributed by atoms with Crippen molar-refractivity contribution in [1.29, 1.82) is 0 Å². The maximum absolute atomic E-state index is 11.2. The Labute approximate surface area is 89.2 Å². The molecule has 5 heteroatoms. The van der Waals surface area contributed by atoms with Gasteiger partial charge in [0.25, 0.3) is 0 Å². The van der Waals surface area contributed by atoms with E-state index in [0.29, 0.717) is 13.1 Å². The molecule has 82 valence electrons. The third-order valence-corrected chi connectivity index (χ3v) is 3.63. The number of hydrogen-bond donors (Lipinski definition) is 2. The van der Waals surface area contributed by atoms with E-state index in [1.165, 1.54) is 0 Å². The monoisotopic (exact) mass is 218 g/mol. The zero-order valence-corrected chi connectivity index (χ0v) is 9.58. The highest BCUT2D eigenvalue weighted by Gasteiger charge is 2.34. The number of nitrogens with one attached hydrogen (secondary N) is 2. The van der Waals surface area contributed by atoms with Gasteiger partial charge in [-0.2, -0.15) is 11.8 Å². The maximum Gasteiger partial charge on any atom is 0.314 e. The molecule has 0 aromatic rings. The van der Waals surface area contributed by atoms with Crippen LogP contribution in [0, 0.1) is 0 Å². The summed E-state index contributed by atoms with van der Waals surface area (Å²) in [7, 11) is 1.71. The molecule has 0 saturated carbocycles. The van der Waals surface area contributed by atoms with Crippen molar-refractivity contribution < 1.29 is 9.53 Å². The van der Waals surface area contributed by atoms with Gasteiger partial charge in [0.2, 0.25) is 0 Å². The predicted octanol–water partition coefficient (Wildman–Crippen LogP) is 0.828. The molecule has 14 heavy (non-hydrogen) atoms. The van der Waals surface area contributed by atoms with Crippen LogP contribution < -0.4 is 10.6 Å². The van der Waals surface area contributed by atoms with Crippen molar-refractivity contribution in [2.24, 2.45) is 0 Å². The number of amides is 2. The molecule has 1 atom stereocenters. The normalized spacial score (nSPS) is 26.1. The van der Waals surface area contributed by atoms with E-state index in [2.05, 4.69) is 10.6 Å². The standard InChI is InChI=1S/C9H18N2O2S/c1-3-10-8(12)11-6-9(13-2)4-5-14-7-9/h3-7H2,1-2H3,(H2,10,11,12). The fourth-order valence-corrected chi connectivity index (χ4v) is 2.82. The van der Waals surface area contributed by atoms with Crippen LogP contribution in [0.15, 0.2) is 0 Å². The van der Waals surface area contributed by atoms with Gasteiger partial charge < -0.3 is 15.4 Å². The summed E-state index contributed by atoms with van der Waals surface area (Å²) in [4.78, 5) is 11.2. The number of methoxy groups -OCH3 is 1. The Kier molecular flexibility index (Phi) is 4.54. The number of rotatable bonds is 4. The van der Waals surface area contributed by atoms with E-state index in [4.69, 9.17) is 4.74 Å². The quantitative estimate of drug-likeness (QED) is 0.735. The summed E-state index contributed by atoms with van der Waals surface area (Å²) in [6.45, 7) is 3.15. The second kappa shape index (κ2) is 5.46. The third kappa shape index (κ3) is 3.06. The fourth-order valence-electron chi connectivity index (χ4n) is 1.43. The van der Waals surface area contributed by atoms with Crippen LogP contribution in [-0.4, -0.2) is 43.3 Å². The molecule has 1 rings (SSSR count). The van der Waals surface area contributed by atoms with E-state index in [0.717, 1.165) is 17.9 Å². The Morgan fingerprint density at radius 3 is 2.86 bits per heavy atom. The minimum Gasteiger partial charge on any atom is -0.376 e. The van der Waals surface area contributed by atoms with Crippen LogP contribution in [0.25, 0.3) is 0 Å². The van der Waals surface area contributed by atoms with Gasteiger partial charge in [-0.15, -0.1) is 0 Å². The first-order chi connectivity index (χ1) is 6.72. The highest BCUT2D eigenvalue weighted by Crippen LogP contribution is 2.30. The lowest BCUT2D eigenvalue weighted by molar-refractivity contribution is 0.0158. The molecule has 0 aliphatic carbocycles. The molecule has 1 heterocycles. The van der Waals surface area contributed by atoms with E-state index in [-0.39, 0.29) is 11.6 Å². The molecule has 2 amide bonds. The van der Waals surface area contributed by atoms with Crippen molar-refractivity contribution in [2.45, 2.75) is 18.9 Å². The molecule has 0 aromatic carbocycles. The van der Waals surface area contributed by atoms with Gasteiger partial charge in [0, 0.05) is 26.0 Å². The predicted molar refractivity (Wildman–Crippen MR) is 58.8 cm³/mol. The summed E-state index contributed by atoms with van der Waals surface area (Å²) in [6, 6.07) is -0.110. The van der Waals surface area contributed by atoms with Crippen LogP contribution >= 0.6 is 11.8 Å². The summed E-state index contributed by atoms with van der Waals surface area (Å²) in [5.41, 5.74) is -0.143. The van der Waals surface area contributed by atoms with Crippen molar-refractivity contribution in [1.82, 2.24) is 10.6 Å². The highest BCUT2D eigenvalue weighted by molar-refractivity contribution is 7.99. The minimum absolute atomic E-state index is 0.110.